The topological polar surface area (TPSA) is 32.3 Å². The number of nitrogens with zero attached hydrogens (tertiary/aromatic N) is 1. The van der Waals surface area contributed by atoms with Gasteiger partial charge in [-0.15, -0.1) is 0 Å². The van der Waals surface area contributed by atoms with Crippen LogP contribution in [0.1, 0.15) is 31.7 Å². The van der Waals surface area contributed by atoms with Crippen LogP contribution in [0.4, 0.5) is 0 Å². The minimum absolute atomic E-state index is 0.190. The van der Waals surface area contributed by atoms with Crippen LogP contribution in [0.2, 0.25) is 5.02 Å². The molecule has 0 aromatic heterocycles. The molecule has 1 unspecified atom stereocenters. The Morgan fingerprint density at radius 3 is 2.90 bits per heavy atom. The van der Waals surface area contributed by atoms with Crippen molar-refractivity contribution in [2.75, 3.05) is 26.2 Å². The number of hydrogen-bond donors (Lipinski definition) is 1. The zero-order chi connectivity index (χ0) is 15.1. The van der Waals surface area contributed by atoms with Crippen LogP contribution >= 0.6 is 11.6 Å². The maximum atomic E-state index is 12.6. The molecule has 0 aliphatic carbocycles. The fraction of sp³-hybridized carbons (Fsp3) is 0.588. The number of carbonyl (C=O) groups excluding carboxylic acids is 1. The van der Waals surface area contributed by atoms with Crippen LogP contribution < -0.4 is 5.32 Å². The van der Waals surface area contributed by atoms with E-state index in [1.165, 1.54) is 12.8 Å². The zero-order valence-electron chi connectivity index (χ0n) is 12.8. The van der Waals surface area contributed by atoms with Crippen molar-refractivity contribution < 1.29 is 4.79 Å². The quantitative estimate of drug-likeness (QED) is 0.875. The number of nitrogens with one attached hydrogen (secondary N) is 1. The molecule has 1 aliphatic heterocycles. The van der Waals surface area contributed by atoms with Gasteiger partial charge in [-0.2, -0.15) is 0 Å². The molecule has 1 amide bonds. The minimum atomic E-state index is 0.190. The molecule has 2 rings (SSSR count). The number of rotatable bonds is 6. The van der Waals surface area contributed by atoms with Gasteiger partial charge in [0.2, 0.25) is 5.91 Å². The van der Waals surface area contributed by atoms with Gasteiger partial charge in [-0.05, 0) is 49.9 Å². The van der Waals surface area contributed by atoms with E-state index in [2.05, 4.69) is 12.2 Å². The Labute approximate surface area is 132 Å². The second-order valence-electron chi connectivity index (χ2n) is 5.82. The molecule has 1 atom stereocenters. The van der Waals surface area contributed by atoms with E-state index in [0.29, 0.717) is 17.4 Å². The summed E-state index contributed by atoms with van der Waals surface area (Å²) in [5.41, 5.74) is 0.923. The first-order valence-corrected chi connectivity index (χ1v) is 8.30. The van der Waals surface area contributed by atoms with Crippen molar-refractivity contribution in [2.24, 2.45) is 5.92 Å². The summed E-state index contributed by atoms with van der Waals surface area (Å²) in [6.45, 7) is 5.95. The maximum Gasteiger partial charge on any atom is 0.227 e. The first-order valence-electron chi connectivity index (χ1n) is 7.92. The van der Waals surface area contributed by atoms with Crippen molar-refractivity contribution in [3.05, 3.63) is 34.9 Å². The molecule has 1 saturated heterocycles. The fourth-order valence-corrected chi connectivity index (χ4v) is 3.10. The van der Waals surface area contributed by atoms with Crippen molar-refractivity contribution in [3.63, 3.8) is 0 Å². The standard InChI is InChI=1S/C17H25ClN2O/c1-2-10-20(13-14-6-5-9-19-12-14)17(21)11-15-7-3-4-8-16(15)18/h3-4,7-8,14,19H,2,5-6,9-13H2,1H3. The van der Waals surface area contributed by atoms with Crippen LogP contribution in [0.15, 0.2) is 24.3 Å². The Morgan fingerprint density at radius 2 is 2.24 bits per heavy atom. The summed E-state index contributed by atoms with van der Waals surface area (Å²) in [6, 6.07) is 7.61. The predicted molar refractivity (Wildman–Crippen MR) is 87.6 cm³/mol. The average molecular weight is 309 g/mol. The Kier molecular flexibility index (Phi) is 6.52. The van der Waals surface area contributed by atoms with E-state index in [4.69, 9.17) is 11.6 Å². The van der Waals surface area contributed by atoms with Crippen LogP contribution in [0.3, 0.4) is 0 Å². The monoisotopic (exact) mass is 308 g/mol. The number of piperidine rings is 1. The summed E-state index contributed by atoms with van der Waals surface area (Å²) >= 11 is 6.16. The van der Waals surface area contributed by atoms with E-state index >= 15 is 0 Å². The summed E-state index contributed by atoms with van der Waals surface area (Å²) in [5, 5.41) is 4.10. The lowest BCUT2D eigenvalue weighted by atomic mass is 9.98. The minimum Gasteiger partial charge on any atom is -0.342 e. The first-order chi connectivity index (χ1) is 10.2. The summed E-state index contributed by atoms with van der Waals surface area (Å²) < 4.78 is 0. The maximum absolute atomic E-state index is 12.6. The summed E-state index contributed by atoms with van der Waals surface area (Å²) in [4.78, 5) is 14.6. The summed E-state index contributed by atoms with van der Waals surface area (Å²) in [5.74, 6) is 0.774. The third-order valence-electron chi connectivity index (χ3n) is 4.02. The molecule has 1 heterocycles. The SMILES string of the molecule is CCCN(CC1CCCNC1)C(=O)Cc1ccccc1Cl. The van der Waals surface area contributed by atoms with Crippen molar-refractivity contribution in [3.8, 4) is 0 Å². The molecule has 4 heteroatoms. The van der Waals surface area contributed by atoms with Crippen LogP contribution in [0.25, 0.3) is 0 Å². The lowest BCUT2D eigenvalue weighted by Gasteiger charge is -2.30. The third-order valence-corrected chi connectivity index (χ3v) is 4.39. The van der Waals surface area contributed by atoms with Gasteiger partial charge in [0, 0.05) is 18.1 Å². The molecule has 21 heavy (non-hydrogen) atoms. The number of halogens is 1. The molecule has 0 saturated carbocycles. The van der Waals surface area contributed by atoms with Crippen molar-refractivity contribution in [1.82, 2.24) is 10.2 Å². The number of benzene rings is 1. The molecule has 1 fully saturated rings. The highest BCUT2D eigenvalue weighted by molar-refractivity contribution is 6.31. The first kappa shape index (κ1) is 16.3. The van der Waals surface area contributed by atoms with Gasteiger partial charge in [0.1, 0.15) is 0 Å². The lowest BCUT2D eigenvalue weighted by molar-refractivity contribution is -0.131. The fourth-order valence-electron chi connectivity index (χ4n) is 2.90. The van der Waals surface area contributed by atoms with Gasteiger partial charge in [-0.3, -0.25) is 4.79 Å². The molecule has 1 aromatic rings. The molecular weight excluding hydrogens is 284 g/mol. The van der Waals surface area contributed by atoms with Crippen LogP contribution in [0, 0.1) is 5.92 Å². The zero-order valence-corrected chi connectivity index (χ0v) is 13.5. The average Bonchev–Trinajstić information content (AvgIpc) is 2.50. The highest BCUT2D eigenvalue weighted by Crippen LogP contribution is 2.18. The van der Waals surface area contributed by atoms with Crippen molar-refractivity contribution >= 4 is 17.5 Å². The highest BCUT2D eigenvalue weighted by atomic mass is 35.5. The second kappa shape index (κ2) is 8.40. The van der Waals surface area contributed by atoms with Crippen molar-refractivity contribution in [1.29, 1.82) is 0 Å². The van der Waals surface area contributed by atoms with Gasteiger partial charge >= 0.3 is 0 Å². The number of amides is 1. The second-order valence-corrected chi connectivity index (χ2v) is 6.23. The molecule has 0 bridgehead atoms. The van der Waals surface area contributed by atoms with Gasteiger partial charge in [-0.25, -0.2) is 0 Å². The molecular formula is C17H25ClN2O. The Balaban J connectivity index is 1.96. The molecule has 0 radical (unpaired) electrons. The highest BCUT2D eigenvalue weighted by Gasteiger charge is 2.20. The Hall–Kier alpha value is -1.06. The van der Waals surface area contributed by atoms with E-state index in [-0.39, 0.29) is 5.91 Å². The van der Waals surface area contributed by atoms with E-state index in [9.17, 15) is 4.79 Å². The van der Waals surface area contributed by atoms with E-state index in [0.717, 1.165) is 38.2 Å². The lowest BCUT2D eigenvalue weighted by Crippen LogP contribution is -2.42. The largest absolute Gasteiger partial charge is 0.342 e. The Morgan fingerprint density at radius 1 is 1.43 bits per heavy atom. The summed E-state index contributed by atoms with van der Waals surface area (Å²) in [6.07, 6.45) is 3.82. The molecule has 116 valence electrons. The molecule has 3 nitrogen and oxygen atoms in total. The Bertz CT molecular complexity index is 458. The van der Waals surface area contributed by atoms with Gasteiger partial charge in [0.25, 0.3) is 0 Å². The smallest absolute Gasteiger partial charge is 0.227 e. The van der Waals surface area contributed by atoms with E-state index < -0.39 is 0 Å². The van der Waals surface area contributed by atoms with E-state index in [1.807, 2.05) is 29.2 Å². The normalized spacial score (nSPS) is 18.5. The van der Waals surface area contributed by atoms with Crippen LogP contribution in [-0.4, -0.2) is 37.0 Å². The third kappa shape index (κ3) is 5.01. The molecule has 0 spiro atoms. The van der Waals surface area contributed by atoms with Gasteiger partial charge in [0.15, 0.2) is 0 Å². The van der Waals surface area contributed by atoms with Gasteiger partial charge in [-0.1, -0.05) is 36.7 Å². The number of hydrogen-bond acceptors (Lipinski definition) is 2. The predicted octanol–water partition coefficient (Wildman–Crippen LogP) is 3.12. The van der Waals surface area contributed by atoms with E-state index in [1.54, 1.807) is 0 Å². The molecule has 1 aromatic carbocycles. The van der Waals surface area contributed by atoms with Crippen LogP contribution in [-0.2, 0) is 11.2 Å². The summed E-state index contributed by atoms with van der Waals surface area (Å²) in [7, 11) is 0. The van der Waals surface area contributed by atoms with Crippen LogP contribution in [0.5, 0.6) is 0 Å². The van der Waals surface area contributed by atoms with Gasteiger partial charge in [0.05, 0.1) is 6.42 Å². The molecule has 1 N–H and O–H groups in total. The van der Waals surface area contributed by atoms with Crippen molar-refractivity contribution in [2.45, 2.75) is 32.6 Å². The number of carbonyl (C=O) groups is 1. The van der Waals surface area contributed by atoms with Gasteiger partial charge < -0.3 is 10.2 Å². The molecule has 1 aliphatic rings.